The number of rotatable bonds is 6. The number of nitrogens with two attached hydrogens (primary N) is 1. The minimum absolute atomic E-state index is 0.0653. The van der Waals surface area contributed by atoms with Crippen LogP contribution < -0.4 is 11.1 Å². The summed E-state index contributed by atoms with van der Waals surface area (Å²) in [6.07, 6.45) is 3.46. The van der Waals surface area contributed by atoms with Crippen molar-refractivity contribution in [1.82, 2.24) is 9.55 Å². The second kappa shape index (κ2) is 8.45. The average molecular weight is 396 g/mol. The SMILES string of the molecule is Nc1ccccc1NC(=O)c1ccc(C(=O)Cn2ccnc2-c2ccccc2)cc1. The van der Waals surface area contributed by atoms with Crippen molar-refractivity contribution in [2.45, 2.75) is 6.54 Å². The molecule has 30 heavy (non-hydrogen) atoms. The molecule has 1 heterocycles. The van der Waals surface area contributed by atoms with Crippen LogP contribution in [0, 0.1) is 0 Å². The number of para-hydroxylation sites is 2. The molecule has 1 amide bonds. The molecule has 0 unspecified atom stereocenters. The van der Waals surface area contributed by atoms with E-state index in [1.165, 1.54) is 0 Å². The Morgan fingerprint density at radius 3 is 2.27 bits per heavy atom. The number of nitrogens with one attached hydrogen (secondary N) is 1. The third-order valence-corrected chi connectivity index (χ3v) is 4.74. The maximum absolute atomic E-state index is 12.7. The fraction of sp³-hybridized carbons (Fsp3) is 0.0417. The topological polar surface area (TPSA) is 90.0 Å². The fourth-order valence-electron chi connectivity index (χ4n) is 3.14. The zero-order valence-electron chi connectivity index (χ0n) is 16.2. The highest BCUT2D eigenvalue weighted by Crippen LogP contribution is 2.19. The van der Waals surface area contributed by atoms with Crippen molar-refractivity contribution in [3.8, 4) is 11.4 Å². The summed E-state index contributed by atoms with van der Waals surface area (Å²) in [5, 5.41) is 2.78. The van der Waals surface area contributed by atoms with Crippen LogP contribution >= 0.6 is 0 Å². The van der Waals surface area contributed by atoms with Crippen molar-refractivity contribution in [3.05, 3.63) is 102 Å². The number of nitrogen functional groups attached to an aromatic ring is 1. The normalized spacial score (nSPS) is 10.5. The Kier molecular flexibility index (Phi) is 5.39. The second-order valence-corrected chi connectivity index (χ2v) is 6.79. The largest absolute Gasteiger partial charge is 0.397 e. The van der Waals surface area contributed by atoms with Gasteiger partial charge in [-0.15, -0.1) is 0 Å². The summed E-state index contributed by atoms with van der Waals surface area (Å²) in [5.74, 6) is 0.387. The summed E-state index contributed by atoms with van der Waals surface area (Å²) >= 11 is 0. The predicted octanol–water partition coefficient (Wildman–Crippen LogP) is 4.27. The standard InChI is InChI=1S/C24H20N4O2/c25-20-8-4-5-9-21(20)27-24(30)19-12-10-17(11-13-19)22(29)16-28-15-14-26-23(28)18-6-2-1-3-7-18/h1-15H,16,25H2,(H,27,30). The van der Waals surface area contributed by atoms with Gasteiger partial charge in [0, 0.05) is 29.1 Å². The molecule has 1 aromatic heterocycles. The summed E-state index contributed by atoms with van der Waals surface area (Å²) in [6, 6.07) is 23.3. The number of anilines is 2. The monoisotopic (exact) mass is 396 g/mol. The molecule has 0 saturated heterocycles. The summed E-state index contributed by atoms with van der Waals surface area (Å²) in [6.45, 7) is 0.163. The number of aromatic nitrogens is 2. The summed E-state index contributed by atoms with van der Waals surface area (Å²) in [5.41, 5.74) is 8.83. The van der Waals surface area contributed by atoms with Crippen LogP contribution in [-0.4, -0.2) is 21.2 Å². The van der Waals surface area contributed by atoms with Gasteiger partial charge in [0.05, 0.1) is 17.9 Å². The smallest absolute Gasteiger partial charge is 0.255 e. The van der Waals surface area contributed by atoms with Crippen molar-refractivity contribution >= 4 is 23.1 Å². The van der Waals surface area contributed by atoms with E-state index in [1.807, 2.05) is 34.9 Å². The summed E-state index contributed by atoms with van der Waals surface area (Å²) < 4.78 is 1.82. The first-order chi connectivity index (χ1) is 14.6. The number of carbonyl (C=O) groups is 2. The molecule has 3 N–H and O–H groups in total. The van der Waals surface area contributed by atoms with Crippen LogP contribution in [0.25, 0.3) is 11.4 Å². The van der Waals surface area contributed by atoms with E-state index < -0.39 is 0 Å². The van der Waals surface area contributed by atoms with Gasteiger partial charge in [-0.2, -0.15) is 0 Å². The predicted molar refractivity (Wildman–Crippen MR) is 117 cm³/mol. The molecule has 0 aliphatic carbocycles. The Labute approximate surface area is 174 Å². The third-order valence-electron chi connectivity index (χ3n) is 4.74. The van der Waals surface area contributed by atoms with Gasteiger partial charge in [-0.25, -0.2) is 4.98 Å². The van der Waals surface area contributed by atoms with Gasteiger partial charge in [-0.1, -0.05) is 54.6 Å². The van der Waals surface area contributed by atoms with Crippen LogP contribution in [0.1, 0.15) is 20.7 Å². The van der Waals surface area contributed by atoms with E-state index in [-0.39, 0.29) is 18.2 Å². The third kappa shape index (κ3) is 4.12. The Balaban J connectivity index is 1.46. The molecule has 0 spiro atoms. The lowest BCUT2D eigenvalue weighted by Gasteiger charge is -2.09. The average Bonchev–Trinajstić information content (AvgIpc) is 3.24. The molecule has 0 fully saturated rings. The van der Waals surface area contributed by atoms with Crippen molar-refractivity contribution in [1.29, 1.82) is 0 Å². The van der Waals surface area contributed by atoms with E-state index in [4.69, 9.17) is 5.73 Å². The zero-order valence-corrected chi connectivity index (χ0v) is 16.2. The number of benzene rings is 3. The lowest BCUT2D eigenvalue weighted by molar-refractivity contribution is 0.0970. The van der Waals surface area contributed by atoms with E-state index in [0.717, 1.165) is 11.4 Å². The van der Waals surface area contributed by atoms with Crippen LogP contribution in [0.15, 0.2) is 91.3 Å². The Morgan fingerprint density at radius 2 is 1.53 bits per heavy atom. The van der Waals surface area contributed by atoms with Crippen LogP contribution in [0.3, 0.4) is 0 Å². The molecule has 6 nitrogen and oxygen atoms in total. The van der Waals surface area contributed by atoms with E-state index >= 15 is 0 Å². The molecule has 4 rings (SSSR count). The molecule has 148 valence electrons. The minimum Gasteiger partial charge on any atom is -0.397 e. The molecule has 0 saturated carbocycles. The van der Waals surface area contributed by atoms with Gasteiger partial charge in [-0.05, 0) is 24.3 Å². The van der Waals surface area contributed by atoms with Gasteiger partial charge in [0.2, 0.25) is 0 Å². The van der Waals surface area contributed by atoms with Crippen molar-refractivity contribution in [2.24, 2.45) is 0 Å². The molecule has 3 aromatic carbocycles. The van der Waals surface area contributed by atoms with Gasteiger partial charge >= 0.3 is 0 Å². The molecular weight excluding hydrogens is 376 g/mol. The number of ketones is 1. The van der Waals surface area contributed by atoms with Gasteiger partial charge in [-0.3, -0.25) is 9.59 Å². The lowest BCUT2D eigenvalue weighted by Crippen LogP contribution is -2.14. The highest BCUT2D eigenvalue weighted by Gasteiger charge is 2.13. The van der Waals surface area contributed by atoms with E-state index in [1.54, 1.807) is 60.9 Å². The summed E-state index contributed by atoms with van der Waals surface area (Å²) in [7, 11) is 0. The van der Waals surface area contributed by atoms with Crippen LogP contribution in [0.5, 0.6) is 0 Å². The van der Waals surface area contributed by atoms with E-state index in [9.17, 15) is 9.59 Å². The molecule has 0 bridgehead atoms. The van der Waals surface area contributed by atoms with E-state index in [2.05, 4.69) is 10.3 Å². The molecule has 0 atom stereocenters. The highest BCUT2D eigenvalue weighted by molar-refractivity contribution is 6.06. The molecular formula is C24H20N4O2. The van der Waals surface area contributed by atoms with Crippen LogP contribution in [0.4, 0.5) is 11.4 Å². The highest BCUT2D eigenvalue weighted by atomic mass is 16.1. The van der Waals surface area contributed by atoms with E-state index in [0.29, 0.717) is 22.5 Å². The number of hydrogen-bond acceptors (Lipinski definition) is 4. The molecule has 0 aliphatic rings. The van der Waals surface area contributed by atoms with Gasteiger partial charge in [0.1, 0.15) is 5.82 Å². The number of Topliss-reactive ketones (excluding diaryl/α,β-unsaturated/α-hetero) is 1. The lowest BCUT2D eigenvalue weighted by atomic mass is 10.1. The zero-order chi connectivity index (χ0) is 20.9. The first-order valence-electron chi connectivity index (χ1n) is 9.47. The molecule has 4 aromatic rings. The molecule has 0 radical (unpaired) electrons. The quantitative estimate of drug-likeness (QED) is 0.376. The van der Waals surface area contributed by atoms with Crippen LogP contribution in [0.2, 0.25) is 0 Å². The molecule has 0 aliphatic heterocycles. The molecule has 6 heteroatoms. The Hall–Kier alpha value is -4.19. The number of hydrogen-bond donors (Lipinski definition) is 2. The second-order valence-electron chi connectivity index (χ2n) is 6.79. The number of nitrogens with zero attached hydrogens (tertiary/aromatic N) is 2. The maximum atomic E-state index is 12.7. The summed E-state index contributed by atoms with van der Waals surface area (Å²) in [4.78, 5) is 29.6. The van der Waals surface area contributed by atoms with Gasteiger partial charge < -0.3 is 15.6 Å². The minimum atomic E-state index is -0.284. The number of amides is 1. The first kappa shape index (κ1) is 19.1. The number of carbonyl (C=O) groups excluding carboxylic acids is 2. The van der Waals surface area contributed by atoms with Crippen LogP contribution in [-0.2, 0) is 6.54 Å². The number of imidazole rings is 1. The van der Waals surface area contributed by atoms with Crippen molar-refractivity contribution < 1.29 is 9.59 Å². The Morgan fingerprint density at radius 1 is 0.867 bits per heavy atom. The maximum Gasteiger partial charge on any atom is 0.255 e. The van der Waals surface area contributed by atoms with Gasteiger partial charge in [0.25, 0.3) is 5.91 Å². The van der Waals surface area contributed by atoms with Gasteiger partial charge in [0.15, 0.2) is 5.78 Å². The van der Waals surface area contributed by atoms with Crippen molar-refractivity contribution in [3.63, 3.8) is 0 Å². The Bertz CT molecular complexity index is 1180. The fourth-order valence-corrected chi connectivity index (χ4v) is 3.14. The first-order valence-corrected chi connectivity index (χ1v) is 9.47. The van der Waals surface area contributed by atoms with Crippen molar-refractivity contribution in [2.75, 3.05) is 11.1 Å².